The van der Waals surface area contributed by atoms with E-state index in [1.54, 1.807) is 20.1 Å². The molecule has 8 heteroatoms. The molecule has 0 unspecified atom stereocenters. The SMILES string of the molecule is CCc1cc(C(F)(F)F)n2nc([C@H]3CCN(Cc4cccc(OC)c4)C3)cc2n1. The highest BCUT2D eigenvalue weighted by atomic mass is 19.4. The van der Waals surface area contributed by atoms with Crippen molar-refractivity contribution in [1.29, 1.82) is 0 Å². The van der Waals surface area contributed by atoms with Gasteiger partial charge < -0.3 is 4.74 Å². The van der Waals surface area contributed by atoms with E-state index in [0.29, 0.717) is 17.8 Å². The zero-order chi connectivity index (χ0) is 20.6. The van der Waals surface area contributed by atoms with Gasteiger partial charge in [-0.25, -0.2) is 9.50 Å². The molecule has 5 nitrogen and oxygen atoms in total. The minimum Gasteiger partial charge on any atom is -0.497 e. The molecule has 3 aromatic rings. The Hall–Kier alpha value is -2.61. The molecule has 1 fully saturated rings. The summed E-state index contributed by atoms with van der Waals surface area (Å²) in [5, 5.41) is 4.29. The molecular weight excluding hydrogens is 381 g/mol. The van der Waals surface area contributed by atoms with E-state index in [4.69, 9.17) is 4.74 Å². The van der Waals surface area contributed by atoms with Gasteiger partial charge in [0.1, 0.15) is 11.4 Å². The fourth-order valence-electron chi connectivity index (χ4n) is 3.87. The van der Waals surface area contributed by atoms with Crippen LogP contribution < -0.4 is 4.74 Å². The zero-order valence-corrected chi connectivity index (χ0v) is 16.4. The highest BCUT2D eigenvalue weighted by Crippen LogP contribution is 2.33. The number of benzene rings is 1. The predicted molar refractivity (Wildman–Crippen MR) is 103 cm³/mol. The molecule has 0 amide bonds. The van der Waals surface area contributed by atoms with Crippen LogP contribution in [0.3, 0.4) is 0 Å². The average molecular weight is 404 g/mol. The van der Waals surface area contributed by atoms with Crippen molar-refractivity contribution in [1.82, 2.24) is 19.5 Å². The lowest BCUT2D eigenvalue weighted by atomic mass is 10.1. The van der Waals surface area contributed by atoms with Gasteiger partial charge in [-0.3, -0.25) is 4.90 Å². The molecule has 1 aliphatic heterocycles. The lowest BCUT2D eigenvalue weighted by Gasteiger charge is -2.16. The van der Waals surface area contributed by atoms with Gasteiger partial charge in [0, 0.05) is 30.8 Å². The number of hydrogen-bond donors (Lipinski definition) is 0. The van der Waals surface area contributed by atoms with E-state index in [0.717, 1.165) is 47.9 Å². The Morgan fingerprint density at radius 1 is 1.21 bits per heavy atom. The summed E-state index contributed by atoms with van der Waals surface area (Å²) in [7, 11) is 1.64. The van der Waals surface area contributed by atoms with Gasteiger partial charge in [0.25, 0.3) is 0 Å². The summed E-state index contributed by atoms with van der Waals surface area (Å²) in [6.07, 6.45) is -3.17. The van der Waals surface area contributed by atoms with Gasteiger partial charge in [0.2, 0.25) is 0 Å². The van der Waals surface area contributed by atoms with Gasteiger partial charge in [-0.05, 0) is 43.1 Å². The first kappa shape index (κ1) is 19.7. The van der Waals surface area contributed by atoms with Crippen LogP contribution in [0.5, 0.6) is 5.75 Å². The van der Waals surface area contributed by atoms with E-state index in [-0.39, 0.29) is 11.6 Å². The molecule has 2 aromatic heterocycles. The molecule has 4 rings (SSSR count). The Kier molecular flexibility index (Phi) is 5.21. The predicted octanol–water partition coefficient (Wildman–Crippen LogP) is 4.31. The van der Waals surface area contributed by atoms with E-state index in [2.05, 4.69) is 15.0 Å². The molecule has 29 heavy (non-hydrogen) atoms. The Bertz CT molecular complexity index is 1010. The van der Waals surface area contributed by atoms with Gasteiger partial charge in [-0.1, -0.05) is 19.1 Å². The van der Waals surface area contributed by atoms with Crippen LogP contribution in [0, 0.1) is 0 Å². The molecule has 1 atom stereocenters. The largest absolute Gasteiger partial charge is 0.497 e. The number of hydrogen-bond acceptors (Lipinski definition) is 4. The first-order valence-corrected chi connectivity index (χ1v) is 9.69. The molecule has 3 heterocycles. The first-order chi connectivity index (χ1) is 13.9. The molecule has 1 saturated heterocycles. The topological polar surface area (TPSA) is 42.7 Å². The number of likely N-dealkylation sites (tertiary alicyclic amines) is 1. The maximum absolute atomic E-state index is 13.5. The van der Waals surface area contributed by atoms with E-state index in [9.17, 15) is 13.2 Å². The fraction of sp³-hybridized carbons (Fsp3) is 0.429. The van der Waals surface area contributed by atoms with Crippen molar-refractivity contribution in [2.45, 2.75) is 38.4 Å². The van der Waals surface area contributed by atoms with E-state index >= 15 is 0 Å². The van der Waals surface area contributed by atoms with E-state index in [1.165, 1.54) is 0 Å². The fourth-order valence-corrected chi connectivity index (χ4v) is 3.87. The summed E-state index contributed by atoms with van der Waals surface area (Å²) < 4.78 is 46.7. The third-order valence-corrected chi connectivity index (χ3v) is 5.38. The molecule has 0 aliphatic carbocycles. The molecule has 0 N–H and O–H groups in total. The van der Waals surface area contributed by atoms with Gasteiger partial charge in [-0.2, -0.15) is 18.3 Å². The van der Waals surface area contributed by atoms with E-state index < -0.39 is 11.9 Å². The third-order valence-electron chi connectivity index (χ3n) is 5.38. The Balaban J connectivity index is 1.56. The number of fused-ring (bicyclic) bond motifs is 1. The van der Waals surface area contributed by atoms with Crippen LogP contribution >= 0.6 is 0 Å². The Labute approximate surface area is 167 Å². The second kappa shape index (κ2) is 7.67. The molecule has 1 aromatic carbocycles. The van der Waals surface area contributed by atoms with Crippen LogP contribution in [-0.4, -0.2) is 39.7 Å². The Morgan fingerprint density at radius 2 is 2.03 bits per heavy atom. The van der Waals surface area contributed by atoms with Crippen molar-refractivity contribution >= 4 is 5.65 Å². The minimum atomic E-state index is -4.47. The second-order valence-corrected chi connectivity index (χ2v) is 7.40. The molecule has 1 aliphatic rings. The molecule has 0 bridgehead atoms. The summed E-state index contributed by atoms with van der Waals surface area (Å²) in [6, 6.07) is 10.7. The lowest BCUT2D eigenvalue weighted by molar-refractivity contribution is -0.142. The number of aryl methyl sites for hydroxylation is 1. The van der Waals surface area contributed by atoms with Gasteiger partial charge in [0.05, 0.1) is 12.8 Å². The number of ether oxygens (including phenoxy) is 1. The number of methoxy groups -OCH3 is 1. The standard InChI is InChI=1S/C21H23F3N4O/c1-3-16-10-19(21(22,23)24)28-20(25-16)11-18(26-28)15-7-8-27(13-15)12-14-5-4-6-17(9-14)29-2/h4-6,9-11,15H,3,7-8,12-13H2,1-2H3/t15-/m0/s1. The number of aromatic nitrogens is 3. The quantitative estimate of drug-likeness (QED) is 0.636. The van der Waals surface area contributed by atoms with Gasteiger partial charge in [0.15, 0.2) is 5.65 Å². The first-order valence-electron chi connectivity index (χ1n) is 9.69. The van der Waals surface area contributed by atoms with Crippen LogP contribution in [0.1, 0.15) is 41.9 Å². The van der Waals surface area contributed by atoms with Gasteiger partial charge >= 0.3 is 6.18 Å². The van der Waals surface area contributed by atoms with Crippen molar-refractivity contribution < 1.29 is 17.9 Å². The summed E-state index contributed by atoms with van der Waals surface area (Å²) >= 11 is 0. The van der Waals surface area contributed by atoms with Crippen molar-refractivity contribution in [3.63, 3.8) is 0 Å². The zero-order valence-electron chi connectivity index (χ0n) is 16.4. The van der Waals surface area contributed by atoms with Crippen molar-refractivity contribution in [3.8, 4) is 5.75 Å². The van der Waals surface area contributed by atoms with Gasteiger partial charge in [-0.15, -0.1) is 0 Å². The highest BCUT2D eigenvalue weighted by molar-refractivity contribution is 5.43. The minimum absolute atomic E-state index is 0.0912. The summed E-state index contributed by atoms with van der Waals surface area (Å²) in [5.74, 6) is 0.907. The highest BCUT2D eigenvalue weighted by Gasteiger charge is 2.36. The molecule has 154 valence electrons. The number of alkyl halides is 3. The van der Waals surface area contributed by atoms with Crippen molar-refractivity contribution in [2.75, 3.05) is 20.2 Å². The van der Waals surface area contributed by atoms with Crippen molar-refractivity contribution in [3.05, 3.63) is 59.0 Å². The number of rotatable bonds is 5. The van der Waals surface area contributed by atoms with E-state index in [1.807, 2.05) is 24.3 Å². The Morgan fingerprint density at radius 3 is 2.76 bits per heavy atom. The summed E-state index contributed by atoms with van der Waals surface area (Å²) in [6.45, 7) is 4.19. The smallest absolute Gasteiger partial charge is 0.433 e. The maximum atomic E-state index is 13.5. The number of halogens is 3. The lowest BCUT2D eigenvalue weighted by Crippen LogP contribution is -2.20. The van der Waals surface area contributed by atoms with Crippen LogP contribution in [0.25, 0.3) is 5.65 Å². The molecule has 0 saturated carbocycles. The molecule has 0 spiro atoms. The average Bonchev–Trinajstić information content (AvgIpc) is 3.33. The molecular formula is C21H23F3N4O. The van der Waals surface area contributed by atoms with Crippen LogP contribution in [-0.2, 0) is 19.1 Å². The normalized spacial score (nSPS) is 17.9. The van der Waals surface area contributed by atoms with Crippen LogP contribution in [0.15, 0.2) is 36.4 Å². The monoisotopic (exact) mass is 404 g/mol. The van der Waals surface area contributed by atoms with Crippen LogP contribution in [0.4, 0.5) is 13.2 Å². The summed E-state index contributed by atoms with van der Waals surface area (Å²) in [4.78, 5) is 6.63. The molecule has 0 radical (unpaired) electrons. The van der Waals surface area contributed by atoms with Crippen molar-refractivity contribution in [2.24, 2.45) is 0 Å². The second-order valence-electron chi connectivity index (χ2n) is 7.40. The number of nitrogens with zero attached hydrogens (tertiary/aromatic N) is 4. The third kappa shape index (κ3) is 4.07. The van der Waals surface area contributed by atoms with Crippen LogP contribution in [0.2, 0.25) is 0 Å². The summed E-state index contributed by atoms with van der Waals surface area (Å²) in [5.41, 5.74) is 1.73. The maximum Gasteiger partial charge on any atom is 0.433 e.